The van der Waals surface area contributed by atoms with Gasteiger partial charge in [-0.05, 0) is 18.6 Å². The Bertz CT molecular complexity index is 823. The summed E-state index contributed by atoms with van der Waals surface area (Å²) in [4.78, 5) is 62.3. The van der Waals surface area contributed by atoms with Gasteiger partial charge in [-0.25, -0.2) is 9.80 Å². The Morgan fingerprint density at radius 3 is 2.19 bits per heavy atom. The van der Waals surface area contributed by atoms with Crippen molar-refractivity contribution in [2.75, 3.05) is 9.80 Å². The molecule has 26 heavy (non-hydrogen) atoms. The van der Waals surface area contributed by atoms with Crippen LogP contribution in [0, 0.1) is 0 Å². The monoisotopic (exact) mass is 356 g/mol. The third kappa shape index (κ3) is 3.01. The van der Waals surface area contributed by atoms with Gasteiger partial charge in [0.1, 0.15) is 5.69 Å². The van der Waals surface area contributed by atoms with E-state index in [1.54, 1.807) is 6.92 Å². The topological polar surface area (TPSA) is 101 Å². The summed E-state index contributed by atoms with van der Waals surface area (Å²) < 4.78 is 5.30. The van der Waals surface area contributed by atoms with Crippen molar-refractivity contribution in [1.82, 2.24) is 0 Å². The fraction of sp³-hybridized carbons (Fsp3) is 0.278. The van der Waals surface area contributed by atoms with Crippen molar-refractivity contribution < 1.29 is 28.7 Å². The molecule has 0 saturated carbocycles. The van der Waals surface area contributed by atoms with E-state index < -0.39 is 29.6 Å². The van der Waals surface area contributed by atoms with Crippen LogP contribution in [0.2, 0.25) is 0 Å². The Kier molecular flexibility index (Phi) is 4.66. The second-order valence-corrected chi connectivity index (χ2v) is 5.82. The molecule has 1 aromatic rings. The van der Waals surface area contributed by atoms with Crippen LogP contribution in [0.25, 0.3) is 0 Å². The molecule has 2 aliphatic heterocycles. The molecule has 8 nitrogen and oxygen atoms in total. The maximum Gasteiger partial charge on any atom is 0.311 e. The van der Waals surface area contributed by atoms with E-state index in [4.69, 9.17) is 4.74 Å². The van der Waals surface area contributed by atoms with Gasteiger partial charge in [-0.3, -0.25) is 24.0 Å². The molecular formula is C18H16N2O6. The Labute approximate surface area is 149 Å². The van der Waals surface area contributed by atoms with E-state index in [1.165, 1.54) is 18.2 Å². The lowest BCUT2D eigenvalue weighted by atomic mass is 10.2. The Morgan fingerprint density at radius 2 is 1.62 bits per heavy atom. The maximum atomic E-state index is 12.2. The number of ether oxygens (including phenoxy) is 1. The number of rotatable bonds is 5. The molecule has 2 heterocycles. The molecule has 134 valence electrons. The van der Waals surface area contributed by atoms with Crippen LogP contribution in [-0.2, 0) is 24.0 Å². The van der Waals surface area contributed by atoms with Gasteiger partial charge >= 0.3 is 5.97 Å². The number of carbonyl (C=O) groups is 5. The molecule has 0 aromatic heterocycles. The van der Waals surface area contributed by atoms with Gasteiger partial charge in [0.2, 0.25) is 11.8 Å². The van der Waals surface area contributed by atoms with Crippen LogP contribution in [0.4, 0.5) is 11.4 Å². The predicted octanol–water partition coefficient (Wildman–Crippen LogP) is 1.47. The molecule has 0 unspecified atom stereocenters. The summed E-state index contributed by atoms with van der Waals surface area (Å²) in [5.74, 6) is -2.78. The molecule has 1 aromatic carbocycles. The highest BCUT2D eigenvalue weighted by molar-refractivity contribution is 6.31. The van der Waals surface area contributed by atoms with Crippen molar-refractivity contribution >= 4 is 41.0 Å². The predicted molar refractivity (Wildman–Crippen MR) is 90.3 cm³/mol. The van der Waals surface area contributed by atoms with E-state index in [9.17, 15) is 24.0 Å². The lowest BCUT2D eigenvalue weighted by Crippen LogP contribution is -2.35. The first-order valence-corrected chi connectivity index (χ1v) is 8.19. The van der Waals surface area contributed by atoms with Crippen molar-refractivity contribution in [3.8, 4) is 5.75 Å². The highest BCUT2D eigenvalue weighted by Gasteiger charge is 2.37. The van der Waals surface area contributed by atoms with Crippen molar-refractivity contribution in [2.45, 2.75) is 32.6 Å². The van der Waals surface area contributed by atoms with Crippen LogP contribution in [-0.4, -0.2) is 29.6 Å². The lowest BCUT2D eigenvalue weighted by molar-refractivity contribution is -0.134. The van der Waals surface area contributed by atoms with Crippen molar-refractivity contribution in [2.24, 2.45) is 0 Å². The number of imide groups is 2. The summed E-state index contributed by atoms with van der Waals surface area (Å²) in [6.45, 7) is 1.80. The molecule has 0 bridgehead atoms. The van der Waals surface area contributed by atoms with Crippen LogP contribution in [0.15, 0.2) is 30.4 Å². The average Bonchev–Trinajstić information content (AvgIpc) is 3.09. The molecule has 0 aliphatic carbocycles. The normalized spacial score (nSPS) is 16.8. The number of esters is 1. The Hall–Kier alpha value is -3.29. The number of hydrogen-bond acceptors (Lipinski definition) is 6. The molecule has 0 radical (unpaired) electrons. The van der Waals surface area contributed by atoms with Gasteiger partial charge in [-0.2, -0.15) is 0 Å². The zero-order valence-electron chi connectivity index (χ0n) is 14.1. The molecule has 3 rings (SSSR count). The minimum Gasteiger partial charge on any atom is -0.424 e. The number of para-hydroxylation sites is 1. The molecule has 0 spiro atoms. The average molecular weight is 356 g/mol. The summed E-state index contributed by atoms with van der Waals surface area (Å²) in [5.41, 5.74) is -0.0368. The van der Waals surface area contributed by atoms with Crippen LogP contribution in [0.5, 0.6) is 5.75 Å². The van der Waals surface area contributed by atoms with Crippen molar-refractivity contribution in [1.29, 1.82) is 0 Å². The number of benzene rings is 1. The Balaban J connectivity index is 2.13. The van der Waals surface area contributed by atoms with E-state index >= 15 is 0 Å². The molecule has 0 N–H and O–H groups in total. The molecule has 1 fully saturated rings. The van der Waals surface area contributed by atoms with Gasteiger partial charge in [-0.15, -0.1) is 0 Å². The summed E-state index contributed by atoms with van der Waals surface area (Å²) in [5, 5.41) is 0. The fourth-order valence-electron chi connectivity index (χ4n) is 2.84. The SMILES string of the molecule is CCCC(=O)Oc1cccc(N2C(=O)CCC2=O)c1N1C(=O)C=CC1=O. The first-order chi connectivity index (χ1) is 12.4. The second-order valence-electron chi connectivity index (χ2n) is 5.82. The van der Waals surface area contributed by atoms with Crippen LogP contribution in [0.1, 0.15) is 32.6 Å². The number of hydrogen-bond donors (Lipinski definition) is 0. The van der Waals surface area contributed by atoms with Crippen LogP contribution < -0.4 is 14.5 Å². The first-order valence-electron chi connectivity index (χ1n) is 8.19. The van der Waals surface area contributed by atoms with Crippen LogP contribution >= 0.6 is 0 Å². The zero-order valence-corrected chi connectivity index (χ0v) is 14.1. The minimum atomic E-state index is -0.644. The number of amides is 4. The molecule has 2 aliphatic rings. The van der Waals surface area contributed by atoms with E-state index in [-0.39, 0.29) is 36.4 Å². The highest BCUT2D eigenvalue weighted by Crippen LogP contribution is 2.41. The third-order valence-corrected chi connectivity index (χ3v) is 3.98. The first kappa shape index (κ1) is 17.5. The molecule has 1 saturated heterocycles. The van der Waals surface area contributed by atoms with Crippen molar-refractivity contribution in [3.05, 3.63) is 30.4 Å². The zero-order chi connectivity index (χ0) is 18.8. The van der Waals surface area contributed by atoms with Crippen molar-refractivity contribution in [3.63, 3.8) is 0 Å². The van der Waals surface area contributed by atoms with E-state index in [1.807, 2.05) is 0 Å². The van der Waals surface area contributed by atoms with Crippen LogP contribution in [0.3, 0.4) is 0 Å². The third-order valence-electron chi connectivity index (χ3n) is 3.98. The number of carbonyl (C=O) groups excluding carboxylic acids is 5. The summed E-state index contributed by atoms with van der Waals surface area (Å²) >= 11 is 0. The smallest absolute Gasteiger partial charge is 0.311 e. The summed E-state index contributed by atoms with van der Waals surface area (Å²) in [6, 6.07) is 4.34. The summed E-state index contributed by atoms with van der Waals surface area (Å²) in [6.07, 6.45) is 2.93. The van der Waals surface area contributed by atoms with Gasteiger partial charge in [0.05, 0.1) is 5.69 Å². The van der Waals surface area contributed by atoms with E-state index in [0.29, 0.717) is 6.42 Å². The van der Waals surface area contributed by atoms with E-state index in [0.717, 1.165) is 22.0 Å². The molecule has 4 amide bonds. The van der Waals surface area contributed by atoms with Gasteiger partial charge < -0.3 is 4.74 Å². The summed E-state index contributed by atoms with van der Waals surface area (Å²) in [7, 11) is 0. The second kappa shape index (κ2) is 6.91. The van der Waals surface area contributed by atoms with Gasteiger partial charge in [0.15, 0.2) is 5.75 Å². The van der Waals surface area contributed by atoms with Gasteiger partial charge in [0, 0.05) is 31.4 Å². The minimum absolute atomic E-state index is 0.0399. The maximum absolute atomic E-state index is 12.2. The molecular weight excluding hydrogens is 340 g/mol. The largest absolute Gasteiger partial charge is 0.424 e. The number of nitrogens with zero attached hydrogens (tertiary/aromatic N) is 2. The van der Waals surface area contributed by atoms with Gasteiger partial charge in [-0.1, -0.05) is 13.0 Å². The fourth-order valence-corrected chi connectivity index (χ4v) is 2.84. The molecule has 8 heteroatoms. The standard InChI is InChI=1S/C18H16N2O6/c1-2-4-17(25)26-12-6-3-5-11(19-13(21)7-8-14(19)22)18(12)20-15(23)9-10-16(20)24/h3,5-6,9-10H,2,4,7-8H2,1H3. The highest BCUT2D eigenvalue weighted by atomic mass is 16.5. The lowest BCUT2D eigenvalue weighted by Gasteiger charge is -2.24. The van der Waals surface area contributed by atoms with E-state index in [2.05, 4.69) is 0 Å². The number of anilines is 2. The quantitative estimate of drug-likeness (QED) is 0.450. The Morgan fingerprint density at radius 1 is 1.00 bits per heavy atom. The van der Waals surface area contributed by atoms with Gasteiger partial charge in [0.25, 0.3) is 11.8 Å². The molecule has 0 atom stereocenters.